The second-order valence-corrected chi connectivity index (χ2v) is 2.85. The quantitative estimate of drug-likeness (QED) is 0.567. The molecule has 1 rings (SSSR count). The summed E-state index contributed by atoms with van der Waals surface area (Å²) in [6.07, 6.45) is 2.81. The topological polar surface area (TPSA) is 9.23 Å². The molecule has 0 aliphatic heterocycles. The minimum Gasteiger partial charge on any atom is -0.320 e. The molecule has 0 aromatic heterocycles. The molecule has 0 spiro atoms. The Kier molecular flexibility index (Phi) is 3.00. The minimum absolute atomic E-state index is 0.250. The van der Waals surface area contributed by atoms with Crippen molar-refractivity contribution in [3.63, 3.8) is 0 Å². The molecule has 1 aliphatic rings. The maximum atomic E-state index is 11.7. The normalized spacial score (nSPS) is 21.2. The molecule has 1 nitrogen and oxygen atoms in total. The van der Waals surface area contributed by atoms with Gasteiger partial charge in [0.15, 0.2) is 0 Å². The summed E-state index contributed by atoms with van der Waals surface area (Å²) >= 11 is 0. The van der Waals surface area contributed by atoms with Crippen molar-refractivity contribution in [2.45, 2.75) is 38.4 Å². The molecule has 1 fully saturated rings. The fourth-order valence-electron chi connectivity index (χ4n) is 1.28. The Bertz CT molecular complexity index is 135. The van der Waals surface area contributed by atoms with Gasteiger partial charge in [0, 0.05) is 0 Å². The van der Waals surface area contributed by atoms with Crippen molar-refractivity contribution in [3.05, 3.63) is 12.2 Å². The molecule has 0 heterocycles. The van der Waals surface area contributed by atoms with Crippen LogP contribution in [0, 0.1) is 0 Å². The lowest BCUT2D eigenvalue weighted by molar-refractivity contribution is -0.167. The van der Waals surface area contributed by atoms with E-state index in [0.717, 1.165) is 18.4 Å². The van der Waals surface area contributed by atoms with Gasteiger partial charge in [0.2, 0.25) is 0 Å². The first-order valence-electron chi connectivity index (χ1n) is 3.78. The number of hydrogen-bond acceptors (Lipinski definition) is 1. The summed E-state index contributed by atoms with van der Waals surface area (Å²) in [7, 11) is 0. The van der Waals surface area contributed by atoms with Crippen LogP contribution in [0.5, 0.6) is 0 Å². The molecule has 0 aromatic carbocycles. The largest absolute Gasteiger partial charge is 0.345 e. The van der Waals surface area contributed by atoms with Crippen LogP contribution in [0.25, 0.3) is 0 Å². The monoisotopic (exact) mass is 162 g/mol. The molecule has 0 atom stereocenters. The summed E-state index contributed by atoms with van der Waals surface area (Å²) in [6.45, 7) is 1.17. The molecule has 0 bridgehead atoms. The van der Waals surface area contributed by atoms with E-state index in [9.17, 15) is 8.78 Å². The van der Waals surface area contributed by atoms with Gasteiger partial charge in [-0.2, -0.15) is 8.78 Å². The molecule has 1 aliphatic carbocycles. The lowest BCUT2D eigenvalue weighted by Gasteiger charge is -2.22. The summed E-state index contributed by atoms with van der Waals surface area (Å²) in [5.41, 5.74) is 1.15. The summed E-state index contributed by atoms with van der Waals surface area (Å²) < 4.78 is 27.7. The SMILES string of the molecule is C=C1CCC(OC(F)F)CC1. The molecule has 0 aromatic rings. The van der Waals surface area contributed by atoms with Gasteiger partial charge in [0.05, 0.1) is 6.10 Å². The van der Waals surface area contributed by atoms with E-state index in [4.69, 9.17) is 0 Å². The van der Waals surface area contributed by atoms with Gasteiger partial charge in [-0.3, -0.25) is 0 Å². The van der Waals surface area contributed by atoms with Gasteiger partial charge in [0.25, 0.3) is 0 Å². The number of allylic oxidation sites excluding steroid dienone is 1. The van der Waals surface area contributed by atoms with Gasteiger partial charge >= 0.3 is 6.61 Å². The maximum Gasteiger partial charge on any atom is 0.345 e. The molecule has 64 valence electrons. The number of alkyl halides is 2. The Labute approximate surface area is 65.0 Å². The number of rotatable bonds is 2. The molecular formula is C8H12F2O. The van der Waals surface area contributed by atoms with Crippen LogP contribution >= 0.6 is 0 Å². The van der Waals surface area contributed by atoms with Crippen LogP contribution in [-0.4, -0.2) is 12.7 Å². The van der Waals surface area contributed by atoms with Crippen molar-refractivity contribution in [2.75, 3.05) is 0 Å². The first-order valence-corrected chi connectivity index (χ1v) is 3.78. The Morgan fingerprint density at radius 1 is 1.36 bits per heavy atom. The lowest BCUT2D eigenvalue weighted by atomic mass is 9.94. The summed E-state index contributed by atoms with van der Waals surface area (Å²) in [6, 6.07) is 0. The summed E-state index contributed by atoms with van der Waals surface area (Å²) in [4.78, 5) is 0. The fraction of sp³-hybridized carbons (Fsp3) is 0.750. The van der Waals surface area contributed by atoms with Gasteiger partial charge in [-0.1, -0.05) is 12.2 Å². The van der Waals surface area contributed by atoms with Crippen molar-refractivity contribution >= 4 is 0 Å². The zero-order valence-corrected chi connectivity index (χ0v) is 6.35. The Balaban J connectivity index is 2.22. The highest BCUT2D eigenvalue weighted by Gasteiger charge is 2.19. The van der Waals surface area contributed by atoms with Crippen LogP contribution < -0.4 is 0 Å². The van der Waals surface area contributed by atoms with E-state index in [2.05, 4.69) is 11.3 Å². The van der Waals surface area contributed by atoms with Gasteiger partial charge in [0.1, 0.15) is 0 Å². The van der Waals surface area contributed by atoms with Crippen LogP contribution in [-0.2, 0) is 4.74 Å². The highest BCUT2D eigenvalue weighted by atomic mass is 19.3. The van der Waals surface area contributed by atoms with Gasteiger partial charge in [-0.25, -0.2) is 0 Å². The van der Waals surface area contributed by atoms with E-state index in [-0.39, 0.29) is 6.10 Å². The van der Waals surface area contributed by atoms with Crippen LogP contribution in [0.1, 0.15) is 25.7 Å². The van der Waals surface area contributed by atoms with Crippen LogP contribution in [0.4, 0.5) is 8.78 Å². The molecule has 0 N–H and O–H groups in total. The number of hydrogen-bond donors (Lipinski definition) is 0. The molecule has 0 radical (unpaired) electrons. The van der Waals surface area contributed by atoms with E-state index in [1.54, 1.807) is 0 Å². The smallest absolute Gasteiger partial charge is 0.320 e. The lowest BCUT2D eigenvalue weighted by Crippen LogP contribution is -2.19. The highest BCUT2D eigenvalue weighted by molar-refractivity contribution is 4.98. The maximum absolute atomic E-state index is 11.7. The van der Waals surface area contributed by atoms with Crippen LogP contribution in [0.2, 0.25) is 0 Å². The highest BCUT2D eigenvalue weighted by Crippen LogP contribution is 2.25. The summed E-state index contributed by atoms with van der Waals surface area (Å²) in [5, 5.41) is 0. The van der Waals surface area contributed by atoms with Gasteiger partial charge in [-0.05, 0) is 25.7 Å². The number of halogens is 2. The fourth-order valence-corrected chi connectivity index (χ4v) is 1.28. The van der Waals surface area contributed by atoms with Crippen molar-refractivity contribution in [1.82, 2.24) is 0 Å². The third kappa shape index (κ3) is 2.97. The molecule has 11 heavy (non-hydrogen) atoms. The van der Waals surface area contributed by atoms with E-state index >= 15 is 0 Å². The van der Waals surface area contributed by atoms with Crippen molar-refractivity contribution in [1.29, 1.82) is 0 Å². The van der Waals surface area contributed by atoms with Crippen molar-refractivity contribution < 1.29 is 13.5 Å². The molecule has 3 heteroatoms. The van der Waals surface area contributed by atoms with Gasteiger partial charge in [-0.15, -0.1) is 0 Å². The average Bonchev–Trinajstić information content (AvgIpc) is 1.93. The van der Waals surface area contributed by atoms with E-state index in [0.29, 0.717) is 12.8 Å². The first-order chi connectivity index (χ1) is 5.18. The van der Waals surface area contributed by atoms with Crippen LogP contribution in [0.15, 0.2) is 12.2 Å². The van der Waals surface area contributed by atoms with Crippen molar-refractivity contribution in [3.8, 4) is 0 Å². The Morgan fingerprint density at radius 3 is 2.36 bits per heavy atom. The van der Waals surface area contributed by atoms with E-state index < -0.39 is 6.61 Å². The second kappa shape index (κ2) is 3.81. The predicted molar refractivity (Wildman–Crippen MR) is 38.5 cm³/mol. The molecule has 0 amide bonds. The molecule has 0 saturated heterocycles. The Morgan fingerprint density at radius 2 is 1.91 bits per heavy atom. The van der Waals surface area contributed by atoms with E-state index in [1.807, 2.05) is 0 Å². The number of ether oxygens (including phenoxy) is 1. The van der Waals surface area contributed by atoms with Crippen molar-refractivity contribution in [2.24, 2.45) is 0 Å². The Hall–Kier alpha value is -0.440. The zero-order chi connectivity index (χ0) is 8.27. The zero-order valence-electron chi connectivity index (χ0n) is 6.35. The van der Waals surface area contributed by atoms with Crippen LogP contribution in [0.3, 0.4) is 0 Å². The molecular weight excluding hydrogens is 150 g/mol. The first kappa shape index (κ1) is 8.65. The molecule has 0 unspecified atom stereocenters. The second-order valence-electron chi connectivity index (χ2n) is 2.85. The third-order valence-corrected chi connectivity index (χ3v) is 1.94. The average molecular weight is 162 g/mol. The van der Waals surface area contributed by atoms with Gasteiger partial charge < -0.3 is 4.74 Å². The standard InChI is InChI=1S/C8H12F2O/c1-6-2-4-7(5-3-6)11-8(9)10/h7-8H,1-5H2. The molecule has 1 saturated carbocycles. The minimum atomic E-state index is -2.62. The summed E-state index contributed by atoms with van der Waals surface area (Å²) in [5.74, 6) is 0. The predicted octanol–water partition coefficient (Wildman–Crippen LogP) is 2.72. The third-order valence-electron chi connectivity index (χ3n) is 1.94. The van der Waals surface area contributed by atoms with E-state index in [1.165, 1.54) is 0 Å².